The van der Waals surface area contributed by atoms with Crippen LogP contribution in [0.1, 0.15) is 43.7 Å². The van der Waals surface area contributed by atoms with E-state index < -0.39 is 0 Å². The summed E-state index contributed by atoms with van der Waals surface area (Å²) in [5, 5.41) is 3.32. The summed E-state index contributed by atoms with van der Waals surface area (Å²) in [6.45, 7) is 0.917. The Balaban J connectivity index is 1.90. The molecule has 102 valence electrons. The summed E-state index contributed by atoms with van der Waals surface area (Å²) in [7, 11) is 1.97. The molecule has 1 saturated heterocycles. The van der Waals surface area contributed by atoms with E-state index in [0.717, 1.165) is 33.7 Å². The van der Waals surface area contributed by atoms with Gasteiger partial charge >= 0.3 is 0 Å². The Morgan fingerprint density at radius 3 is 2.89 bits per heavy atom. The molecule has 2 nitrogen and oxygen atoms in total. The van der Waals surface area contributed by atoms with Crippen LogP contribution in [0, 0.1) is 0 Å². The number of rotatable bonds is 5. The molecule has 2 unspecified atom stereocenters. The van der Waals surface area contributed by atoms with Gasteiger partial charge in [0, 0.05) is 18.2 Å². The van der Waals surface area contributed by atoms with Crippen LogP contribution in [0.4, 0.5) is 0 Å². The summed E-state index contributed by atoms with van der Waals surface area (Å²) in [6, 6.07) is 2.24. The van der Waals surface area contributed by atoms with Gasteiger partial charge in [0.25, 0.3) is 0 Å². The van der Waals surface area contributed by atoms with Crippen LogP contribution >= 0.6 is 34.5 Å². The number of ether oxygens (including phenoxy) is 1. The predicted molar refractivity (Wildman–Crippen MR) is 79.0 cm³/mol. The second-order valence-electron chi connectivity index (χ2n) is 4.69. The van der Waals surface area contributed by atoms with E-state index in [1.807, 2.05) is 13.1 Å². The van der Waals surface area contributed by atoms with E-state index in [0.29, 0.717) is 6.10 Å². The van der Waals surface area contributed by atoms with Crippen LogP contribution in [-0.2, 0) is 4.74 Å². The highest BCUT2D eigenvalue weighted by atomic mass is 35.5. The maximum atomic E-state index is 6.20. The maximum Gasteiger partial charge on any atom is 0.0991 e. The first-order chi connectivity index (χ1) is 8.70. The van der Waals surface area contributed by atoms with Crippen LogP contribution in [-0.4, -0.2) is 19.8 Å². The van der Waals surface area contributed by atoms with Gasteiger partial charge in [-0.15, -0.1) is 11.3 Å². The van der Waals surface area contributed by atoms with Gasteiger partial charge in [-0.2, -0.15) is 0 Å². The highest BCUT2D eigenvalue weighted by Gasteiger charge is 2.19. The zero-order valence-electron chi connectivity index (χ0n) is 10.5. The van der Waals surface area contributed by atoms with Gasteiger partial charge in [0.1, 0.15) is 0 Å². The van der Waals surface area contributed by atoms with E-state index in [4.69, 9.17) is 27.9 Å². The van der Waals surface area contributed by atoms with Crippen LogP contribution in [0.5, 0.6) is 0 Å². The van der Waals surface area contributed by atoms with Crippen molar-refractivity contribution in [1.29, 1.82) is 0 Å². The van der Waals surface area contributed by atoms with Crippen molar-refractivity contribution < 1.29 is 4.74 Å². The quantitative estimate of drug-likeness (QED) is 0.854. The Bertz CT molecular complexity index is 377. The molecule has 18 heavy (non-hydrogen) atoms. The molecule has 2 heterocycles. The van der Waals surface area contributed by atoms with E-state index in [2.05, 4.69) is 5.32 Å². The molecular weight excluding hydrogens is 289 g/mol. The Labute approximate surface area is 123 Å². The highest BCUT2D eigenvalue weighted by molar-refractivity contribution is 7.20. The van der Waals surface area contributed by atoms with Gasteiger partial charge in [-0.3, -0.25) is 0 Å². The van der Waals surface area contributed by atoms with E-state index in [1.54, 1.807) is 0 Å². The lowest BCUT2D eigenvalue weighted by Gasteiger charge is -2.24. The fourth-order valence-corrected chi connectivity index (χ4v) is 4.01. The molecular formula is C13H19Cl2NOS. The lowest BCUT2D eigenvalue weighted by molar-refractivity contribution is 0.00867. The normalized spacial score (nSPS) is 22.1. The van der Waals surface area contributed by atoms with Crippen molar-refractivity contribution in [3.8, 4) is 0 Å². The average Bonchev–Trinajstić information content (AvgIpc) is 2.71. The minimum absolute atomic E-state index is 0.270. The lowest BCUT2D eigenvalue weighted by atomic mass is 9.99. The van der Waals surface area contributed by atoms with Crippen LogP contribution in [0.2, 0.25) is 8.67 Å². The van der Waals surface area contributed by atoms with Gasteiger partial charge in [0.2, 0.25) is 0 Å². The standard InChI is InChI=1S/C13H19Cl2NOS/c1-16-11(10-8-12(14)18-13(10)15)6-5-9-4-2-3-7-17-9/h8-9,11,16H,2-7H2,1H3. The zero-order valence-corrected chi connectivity index (χ0v) is 12.9. The fourth-order valence-electron chi connectivity index (χ4n) is 2.43. The lowest BCUT2D eigenvalue weighted by Crippen LogP contribution is -2.22. The van der Waals surface area contributed by atoms with Gasteiger partial charge < -0.3 is 10.1 Å². The van der Waals surface area contributed by atoms with Crippen molar-refractivity contribution >= 4 is 34.5 Å². The SMILES string of the molecule is CNC(CCC1CCCCO1)c1cc(Cl)sc1Cl. The summed E-state index contributed by atoms with van der Waals surface area (Å²) in [5.41, 5.74) is 1.12. The van der Waals surface area contributed by atoms with E-state index >= 15 is 0 Å². The largest absolute Gasteiger partial charge is 0.378 e. The molecule has 0 saturated carbocycles. The molecule has 1 aromatic rings. The zero-order chi connectivity index (χ0) is 13.0. The molecule has 2 atom stereocenters. The van der Waals surface area contributed by atoms with Crippen molar-refractivity contribution in [1.82, 2.24) is 5.32 Å². The third-order valence-corrected chi connectivity index (χ3v) is 4.98. The molecule has 0 bridgehead atoms. The van der Waals surface area contributed by atoms with Crippen LogP contribution in [0.15, 0.2) is 6.07 Å². The van der Waals surface area contributed by atoms with E-state index in [1.165, 1.54) is 30.6 Å². The van der Waals surface area contributed by atoms with E-state index in [9.17, 15) is 0 Å². The smallest absolute Gasteiger partial charge is 0.0991 e. The van der Waals surface area contributed by atoms with Crippen LogP contribution in [0.25, 0.3) is 0 Å². The first-order valence-corrected chi connectivity index (χ1v) is 8.01. The van der Waals surface area contributed by atoms with E-state index in [-0.39, 0.29) is 6.04 Å². The summed E-state index contributed by atoms with van der Waals surface area (Å²) in [4.78, 5) is 0. The van der Waals surface area contributed by atoms with Gasteiger partial charge in [-0.1, -0.05) is 23.2 Å². The summed E-state index contributed by atoms with van der Waals surface area (Å²) in [6.07, 6.45) is 6.22. The molecule has 0 spiro atoms. The second-order valence-corrected chi connectivity index (χ2v) is 6.97. The fraction of sp³-hybridized carbons (Fsp3) is 0.692. The minimum Gasteiger partial charge on any atom is -0.378 e. The summed E-state index contributed by atoms with van der Waals surface area (Å²) in [5.74, 6) is 0. The van der Waals surface area contributed by atoms with Gasteiger partial charge in [-0.25, -0.2) is 0 Å². The number of hydrogen-bond donors (Lipinski definition) is 1. The van der Waals surface area contributed by atoms with Crippen molar-refractivity contribution in [3.63, 3.8) is 0 Å². The molecule has 1 aliphatic heterocycles. The summed E-state index contributed by atoms with van der Waals surface area (Å²) >= 11 is 13.6. The second kappa shape index (κ2) is 7.11. The van der Waals surface area contributed by atoms with Crippen molar-refractivity contribution in [2.45, 2.75) is 44.2 Å². The van der Waals surface area contributed by atoms with Crippen molar-refractivity contribution in [2.75, 3.05) is 13.7 Å². The molecule has 0 aromatic carbocycles. The van der Waals surface area contributed by atoms with Crippen molar-refractivity contribution in [2.24, 2.45) is 0 Å². The predicted octanol–water partition coefficient (Wildman–Crippen LogP) is 4.66. The number of nitrogens with one attached hydrogen (secondary N) is 1. The topological polar surface area (TPSA) is 21.3 Å². The molecule has 1 fully saturated rings. The number of halogens is 2. The summed E-state index contributed by atoms with van der Waals surface area (Å²) < 4.78 is 7.31. The van der Waals surface area contributed by atoms with Crippen molar-refractivity contribution in [3.05, 3.63) is 20.3 Å². The molecule has 0 radical (unpaired) electrons. The maximum absolute atomic E-state index is 6.20. The Hall–Kier alpha value is 0.200. The number of hydrogen-bond acceptors (Lipinski definition) is 3. The Morgan fingerprint density at radius 1 is 1.50 bits per heavy atom. The number of thiophene rings is 1. The molecule has 1 aliphatic rings. The third kappa shape index (κ3) is 3.84. The first kappa shape index (κ1) is 14.6. The first-order valence-electron chi connectivity index (χ1n) is 6.44. The molecule has 5 heteroatoms. The molecule has 0 amide bonds. The molecule has 1 aromatic heterocycles. The monoisotopic (exact) mass is 307 g/mol. The van der Waals surface area contributed by atoms with Gasteiger partial charge in [-0.05, 0) is 45.2 Å². The molecule has 0 aliphatic carbocycles. The van der Waals surface area contributed by atoms with Crippen LogP contribution in [0.3, 0.4) is 0 Å². The Morgan fingerprint density at radius 2 is 2.33 bits per heavy atom. The highest BCUT2D eigenvalue weighted by Crippen LogP contribution is 2.36. The molecule has 1 N–H and O–H groups in total. The van der Waals surface area contributed by atoms with Gasteiger partial charge in [0.15, 0.2) is 0 Å². The third-order valence-electron chi connectivity index (χ3n) is 3.46. The average molecular weight is 308 g/mol. The minimum atomic E-state index is 0.270. The molecule has 2 rings (SSSR count). The van der Waals surface area contributed by atoms with Gasteiger partial charge in [0.05, 0.1) is 14.8 Å². The van der Waals surface area contributed by atoms with Crippen LogP contribution < -0.4 is 5.32 Å². The Kier molecular flexibility index (Phi) is 5.77.